The Balaban J connectivity index is 2.60. The van der Waals surface area contributed by atoms with Gasteiger partial charge >= 0.3 is 0 Å². The van der Waals surface area contributed by atoms with Crippen LogP contribution in [0, 0.1) is 6.92 Å². The summed E-state index contributed by atoms with van der Waals surface area (Å²) in [6.07, 6.45) is 3.84. The van der Waals surface area contributed by atoms with Gasteiger partial charge in [-0.25, -0.2) is 4.98 Å². The minimum Gasteiger partial charge on any atom is -0.484 e. The summed E-state index contributed by atoms with van der Waals surface area (Å²) in [5, 5.41) is 0. The number of nitrogens with zero attached hydrogens (tertiary/aromatic N) is 2. The average molecular weight is 283 g/mol. The van der Waals surface area contributed by atoms with Crippen LogP contribution in [0.4, 0.5) is 0 Å². The molecule has 16 heavy (non-hydrogen) atoms. The first-order valence-electron chi connectivity index (χ1n) is 5.19. The summed E-state index contributed by atoms with van der Waals surface area (Å²) in [7, 11) is 0. The number of hydrogen-bond acceptors (Lipinski definition) is 2. The smallest absolute Gasteiger partial charge is 0.179 e. The number of hydrogen-bond donors (Lipinski definition) is 0. The van der Waals surface area contributed by atoms with Gasteiger partial charge in [-0.1, -0.05) is 0 Å². The van der Waals surface area contributed by atoms with Crippen molar-refractivity contribution in [3.63, 3.8) is 0 Å². The number of aromatic nitrogens is 2. The number of pyridine rings is 1. The topological polar surface area (TPSA) is 26.5 Å². The molecule has 2 aromatic rings. The number of imidazole rings is 1. The molecule has 0 saturated heterocycles. The molecular weight excluding hydrogens is 268 g/mol. The second kappa shape index (κ2) is 3.77. The largest absolute Gasteiger partial charge is 0.484 e. The quantitative estimate of drug-likeness (QED) is 0.799. The monoisotopic (exact) mass is 282 g/mol. The van der Waals surface area contributed by atoms with Crippen molar-refractivity contribution >= 4 is 21.6 Å². The molecule has 3 nitrogen and oxygen atoms in total. The highest BCUT2D eigenvalue weighted by Gasteiger charge is 2.16. The Morgan fingerprint density at radius 3 is 2.69 bits per heavy atom. The van der Waals surface area contributed by atoms with Crippen molar-refractivity contribution in [3.05, 3.63) is 28.6 Å². The summed E-state index contributed by atoms with van der Waals surface area (Å²) < 4.78 is 8.90. The second-order valence-electron chi connectivity index (χ2n) is 4.83. The summed E-state index contributed by atoms with van der Waals surface area (Å²) in [6.45, 7) is 8.11. The predicted molar refractivity (Wildman–Crippen MR) is 68.0 cm³/mol. The fraction of sp³-hybridized carbons (Fsp3) is 0.417. The Morgan fingerprint density at radius 2 is 2.06 bits per heavy atom. The van der Waals surface area contributed by atoms with Crippen LogP contribution in [0.5, 0.6) is 5.75 Å². The van der Waals surface area contributed by atoms with Gasteiger partial charge in [-0.2, -0.15) is 0 Å². The minimum absolute atomic E-state index is 0.221. The Kier molecular flexibility index (Phi) is 2.70. The van der Waals surface area contributed by atoms with Crippen molar-refractivity contribution in [2.24, 2.45) is 0 Å². The lowest BCUT2D eigenvalue weighted by Gasteiger charge is -2.21. The third kappa shape index (κ3) is 2.21. The molecular formula is C12H15BrN2O. The lowest BCUT2D eigenvalue weighted by atomic mass is 10.2. The van der Waals surface area contributed by atoms with E-state index in [1.54, 1.807) is 0 Å². The molecule has 0 radical (unpaired) electrons. The van der Waals surface area contributed by atoms with E-state index in [1.165, 1.54) is 0 Å². The average Bonchev–Trinajstić information content (AvgIpc) is 2.45. The molecule has 4 heteroatoms. The fourth-order valence-corrected chi connectivity index (χ4v) is 1.96. The maximum absolute atomic E-state index is 5.90. The third-order valence-electron chi connectivity index (χ3n) is 2.14. The van der Waals surface area contributed by atoms with Crippen LogP contribution in [-0.4, -0.2) is 15.0 Å². The number of fused-ring (bicyclic) bond motifs is 1. The van der Waals surface area contributed by atoms with Gasteiger partial charge in [0.2, 0.25) is 0 Å². The lowest BCUT2D eigenvalue weighted by Crippen LogP contribution is -2.23. The van der Waals surface area contributed by atoms with Crippen molar-refractivity contribution in [2.75, 3.05) is 0 Å². The standard InChI is InChI=1S/C12H15BrN2O/c1-8-6-14-11-10(16-12(2,3)4)5-9(13)7-15(8)11/h5-7H,1-4H3. The molecule has 0 fully saturated rings. The zero-order valence-corrected chi connectivity index (χ0v) is 11.5. The van der Waals surface area contributed by atoms with E-state index in [9.17, 15) is 0 Å². The van der Waals surface area contributed by atoms with Crippen molar-refractivity contribution in [1.82, 2.24) is 9.38 Å². The van der Waals surface area contributed by atoms with Crippen LogP contribution in [0.1, 0.15) is 26.5 Å². The van der Waals surface area contributed by atoms with Crippen molar-refractivity contribution in [1.29, 1.82) is 0 Å². The van der Waals surface area contributed by atoms with E-state index in [1.807, 2.05) is 50.6 Å². The highest BCUT2D eigenvalue weighted by molar-refractivity contribution is 9.10. The summed E-state index contributed by atoms with van der Waals surface area (Å²) in [4.78, 5) is 4.36. The van der Waals surface area contributed by atoms with Gasteiger partial charge in [-0.15, -0.1) is 0 Å². The molecule has 0 atom stereocenters. The molecule has 86 valence electrons. The molecule has 0 aromatic carbocycles. The van der Waals surface area contributed by atoms with Crippen LogP contribution in [0.2, 0.25) is 0 Å². The normalized spacial score (nSPS) is 12.1. The third-order valence-corrected chi connectivity index (χ3v) is 2.57. The summed E-state index contributed by atoms with van der Waals surface area (Å²) >= 11 is 3.48. The summed E-state index contributed by atoms with van der Waals surface area (Å²) in [5.41, 5.74) is 1.73. The summed E-state index contributed by atoms with van der Waals surface area (Å²) in [5.74, 6) is 0.801. The first kappa shape index (κ1) is 11.5. The van der Waals surface area contributed by atoms with Crippen LogP contribution >= 0.6 is 15.9 Å². The van der Waals surface area contributed by atoms with Crippen LogP contribution < -0.4 is 4.74 Å². The van der Waals surface area contributed by atoms with Crippen molar-refractivity contribution in [2.45, 2.75) is 33.3 Å². The maximum Gasteiger partial charge on any atom is 0.179 e. The Morgan fingerprint density at radius 1 is 1.38 bits per heavy atom. The van der Waals surface area contributed by atoms with Gasteiger partial charge in [0, 0.05) is 22.6 Å². The molecule has 0 unspecified atom stereocenters. The zero-order valence-electron chi connectivity index (χ0n) is 9.91. The van der Waals surface area contributed by atoms with E-state index in [-0.39, 0.29) is 5.60 Å². The van der Waals surface area contributed by atoms with Gasteiger partial charge in [0.25, 0.3) is 0 Å². The molecule has 0 spiro atoms. The summed E-state index contributed by atoms with van der Waals surface area (Å²) in [6, 6.07) is 1.95. The lowest BCUT2D eigenvalue weighted by molar-refractivity contribution is 0.132. The minimum atomic E-state index is -0.221. The highest BCUT2D eigenvalue weighted by Crippen LogP contribution is 2.27. The van der Waals surface area contributed by atoms with E-state index >= 15 is 0 Å². The number of halogens is 1. The first-order valence-corrected chi connectivity index (χ1v) is 5.98. The van der Waals surface area contributed by atoms with E-state index in [4.69, 9.17) is 4.74 Å². The van der Waals surface area contributed by atoms with Crippen molar-refractivity contribution in [3.8, 4) is 5.75 Å². The van der Waals surface area contributed by atoms with Crippen LogP contribution in [0.15, 0.2) is 22.9 Å². The Labute approximate surface area is 104 Å². The molecule has 0 N–H and O–H groups in total. The Hall–Kier alpha value is -1.03. The SMILES string of the molecule is Cc1cnc2c(OC(C)(C)C)cc(Br)cn12. The van der Waals surface area contributed by atoms with Crippen LogP contribution in [-0.2, 0) is 0 Å². The van der Waals surface area contributed by atoms with Crippen molar-refractivity contribution < 1.29 is 4.74 Å². The zero-order chi connectivity index (χ0) is 11.9. The van der Waals surface area contributed by atoms with Gasteiger partial charge in [-0.3, -0.25) is 0 Å². The molecule has 0 amide bonds. The molecule has 2 heterocycles. The molecule has 0 aliphatic rings. The van der Waals surface area contributed by atoms with Gasteiger partial charge in [0.15, 0.2) is 11.4 Å². The highest BCUT2D eigenvalue weighted by atomic mass is 79.9. The van der Waals surface area contributed by atoms with Gasteiger partial charge in [-0.05, 0) is 49.7 Å². The predicted octanol–water partition coefficient (Wildman–Crippen LogP) is 3.58. The van der Waals surface area contributed by atoms with Gasteiger partial charge < -0.3 is 9.14 Å². The maximum atomic E-state index is 5.90. The molecule has 2 aromatic heterocycles. The van der Waals surface area contributed by atoms with Crippen LogP contribution in [0.3, 0.4) is 0 Å². The van der Waals surface area contributed by atoms with E-state index in [2.05, 4.69) is 20.9 Å². The fourth-order valence-electron chi connectivity index (χ4n) is 1.55. The number of ether oxygens (including phenoxy) is 1. The second-order valence-corrected chi connectivity index (χ2v) is 5.75. The first-order chi connectivity index (χ1) is 7.37. The van der Waals surface area contributed by atoms with Gasteiger partial charge in [0.1, 0.15) is 5.60 Å². The van der Waals surface area contributed by atoms with E-state index in [0.29, 0.717) is 0 Å². The molecule has 0 bridgehead atoms. The molecule has 2 rings (SSSR count). The number of rotatable bonds is 1. The molecule has 0 aliphatic carbocycles. The van der Waals surface area contributed by atoms with E-state index < -0.39 is 0 Å². The Bertz CT molecular complexity index is 526. The molecule has 0 saturated carbocycles. The molecule has 0 aliphatic heterocycles. The van der Waals surface area contributed by atoms with Crippen LogP contribution in [0.25, 0.3) is 5.65 Å². The van der Waals surface area contributed by atoms with Gasteiger partial charge in [0.05, 0.1) is 0 Å². The number of aryl methyl sites for hydroxylation is 1. The van der Waals surface area contributed by atoms with E-state index in [0.717, 1.165) is 21.6 Å².